The van der Waals surface area contributed by atoms with Crippen LogP contribution >= 0.6 is 0 Å². The number of benzene rings is 1. The Kier molecular flexibility index (Phi) is 4.76. The Morgan fingerprint density at radius 1 is 1.36 bits per heavy atom. The van der Waals surface area contributed by atoms with E-state index in [9.17, 15) is 14.9 Å². The summed E-state index contributed by atoms with van der Waals surface area (Å²) in [5, 5.41) is 11.5. The molecule has 0 amide bonds. The van der Waals surface area contributed by atoms with Gasteiger partial charge in [-0.2, -0.15) is 0 Å². The summed E-state index contributed by atoms with van der Waals surface area (Å²) in [4.78, 5) is 25.6. The molecule has 0 unspecified atom stereocenters. The van der Waals surface area contributed by atoms with Crippen molar-refractivity contribution in [1.82, 2.24) is 4.90 Å². The van der Waals surface area contributed by atoms with E-state index >= 15 is 0 Å². The highest BCUT2D eigenvalue weighted by Gasteiger charge is 2.26. The van der Waals surface area contributed by atoms with Crippen LogP contribution in [0.3, 0.4) is 0 Å². The molecule has 0 radical (unpaired) electrons. The molecule has 134 valence electrons. The molecular weight excluding hydrogens is 322 g/mol. The van der Waals surface area contributed by atoms with E-state index in [4.69, 9.17) is 10.2 Å². The Morgan fingerprint density at radius 3 is 2.64 bits per heavy atom. The first-order valence-corrected chi connectivity index (χ1v) is 8.59. The van der Waals surface area contributed by atoms with Gasteiger partial charge < -0.3 is 15.1 Å². The van der Waals surface area contributed by atoms with Gasteiger partial charge in [-0.3, -0.25) is 14.9 Å². The molecule has 25 heavy (non-hydrogen) atoms. The fraction of sp³-hybridized carbons (Fsp3) is 0.500. The molecule has 7 nitrogen and oxygen atoms in total. The SMILES string of the molecule is CC(C)CN1CCC(c2cc(=O)c3ccc(N)c([N+](=O)[O-])c3o2)CC1. The second-order valence-electron chi connectivity index (χ2n) is 7.12. The number of fused-ring (bicyclic) bond motifs is 1. The molecule has 2 heterocycles. The van der Waals surface area contributed by atoms with Crippen LogP contribution in [0.1, 0.15) is 38.4 Å². The van der Waals surface area contributed by atoms with Gasteiger partial charge >= 0.3 is 5.69 Å². The lowest BCUT2D eigenvalue weighted by molar-refractivity contribution is -0.382. The molecule has 1 saturated heterocycles. The molecule has 0 atom stereocenters. The van der Waals surface area contributed by atoms with Crippen molar-refractivity contribution in [2.24, 2.45) is 5.92 Å². The minimum absolute atomic E-state index is 0.00422. The summed E-state index contributed by atoms with van der Waals surface area (Å²) in [5.74, 6) is 1.23. The third-order valence-electron chi connectivity index (χ3n) is 4.72. The Bertz CT molecular complexity index is 851. The van der Waals surface area contributed by atoms with Crippen LogP contribution in [0, 0.1) is 16.0 Å². The second-order valence-corrected chi connectivity index (χ2v) is 7.12. The Balaban J connectivity index is 1.95. The second kappa shape index (κ2) is 6.84. The minimum atomic E-state index is -0.588. The molecule has 0 saturated carbocycles. The Morgan fingerprint density at radius 2 is 2.04 bits per heavy atom. The lowest BCUT2D eigenvalue weighted by Gasteiger charge is -2.32. The van der Waals surface area contributed by atoms with Gasteiger partial charge in [0.15, 0.2) is 5.43 Å². The van der Waals surface area contributed by atoms with Crippen LogP contribution in [-0.4, -0.2) is 29.5 Å². The van der Waals surface area contributed by atoms with Crippen molar-refractivity contribution >= 4 is 22.3 Å². The van der Waals surface area contributed by atoms with Crippen LogP contribution in [0.4, 0.5) is 11.4 Å². The normalized spacial score (nSPS) is 16.6. The maximum absolute atomic E-state index is 12.4. The first-order valence-electron chi connectivity index (χ1n) is 8.59. The molecule has 7 heteroatoms. The van der Waals surface area contributed by atoms with Gasteiger partial charge in [0.25, 0.3) is 0 Å². The zero-order valence-electron chi connectivity index (χ0n) is 14.5. The molecule has 1 aliphatic heterocycles. The van der Waals surface area contributed by atoms with Crippen molar-refractivity contribution in [3.63, 3.8) is 0 Å². The zero-order valence-corrected chi connectivity index (χ0v) is 14.5. The van der Waals surface area contributed by atoms with E-state index in [0.29, 0.717) is 11.7 Å². The Labute approximate surface area is 145 Å². The van der Waals surface area contributed by atoms with Crippen LogP contribution in [0.2, 0.25) is 0 Å². The van der Waals surface area contributed by atoms with Crippen molar-refractivity contribution in [3.8, 4) is 0 Å². The summed E-state index contributed by atoms with van der Waals surface area (Å²) in [6.07, 6.45) is 1.74. The standard InChI is InChI=1S/C18H23N3O4/c1-11(2)10-20-7-5-12(6-8-20)16-9-15(22)13-3-4-14(19)17(21(23)24)18(13)25-16/h3-4,9,11-12H,5-8,10,19H2,1-2H3. The highest BCUT2D eigenvalue weighted by molar-refractivity contribution is 5.91. The largest absolute Gasteiger partial charge is 0.453 e. The first kappa shape index (κ1) is 17.4. The molecule has 3 rings (SSSR count). The minimum Gasteiger partial charge on any atom is -0.453 e. The van der Waals surface area contributed by atoms with Crippen LogP contribution < -0.4 is 11.2 Å². The number of nitrogens with two attached hydrogens (primary N) is 1. The third kappa shape index (κ3) is 3.51. The maximum atomic E-state index is 12.4. The van der Waals surface area contributed by atoms with Gasteiger partial charge in [0.2, 0.25) is 5.58 Å². The van der Waals surface area contributed by atoms with Gasteiger partial charge in [0.1, 0.15) is 11.4 Å². The molecule has 0 spiro atoms. The molecule has 2 N–H and O–H groups in total. The van der Waals surface area contributed by atoms with Crippen LogP contribution in [0.25, 0.3) is 11.0 Å². The number of nitrogen functional groups attached to an aromatic ring is 1. The molecule has 2 aromatic rings. The molecule has 1 aliphatic rings. The van der Waals surface area contributed by atoms with Crippen molar-refractivity contribution in [2.75, 3.05) is 25.4 Å². The summed E-state index contributed by atoms with van der Waals surface area (Å²) in [5.41, 5.74) is 5.12. The van der Waals surface area contributed by atoms with E-state index in [1.165, 1.54) is 18.2 Å². The number of anilines is 1. The van der Waals surface area contributed by atoms with Crippen LogP contribution in [-0.2, 0) is 0 Å². The summed E-state index contributed by atoms with van der Waals surface area (Å²) in [7, 11) is 0. The summed E-state index contributed by atoms with van der Waals surface area (Å²) >= 11 is 0. The highest BCUT2D eigenvalue weighted by atomic mass is 16.6. The van der Waals surface area contributed by atoms with Crippen molar-refractivity contribution in [2.45, 2.75) is 32.6 Å². The molecule has 1 aromatic heterocycles. The third-order valence-corrected chi connectivity index (χ3v) is 4.72. The van der Waals surface area contributed by atoms with E-state index < -0.39 is 4.92 Å². The highest BCUT2D eigenvalue weighted by Crippen LogP contribution is 2.34. The van der Waals surface area contributed by atoms with Crippen LogP contribution in [0.15, 0.2) is 27.4 Å². The Hall–Kier alpha value is -2.41. The van der Waals surface area contributed by atoms with Crippen molar-refractivity contribution in [3.05, 3.63) is 44.3 Å². The van der Waals surface area contributed by atoms with Gasteiger partial charge in [-0.05, 0) is 44.0 Å². The van der Waals surface area contributed by atoms with Gasteiger partial charge in [-0.15, -0.1) is 0 Å². The average molecular weight is 345 g/mol. The van der Waals surface area contributed by atoms with E-state index in [1.54, 1.807) is 0 Å². The zero-order chi connectivity index (χ0) is 18.1. The lowest BCUT2D eigenvalue weighted by atomic mass is 9.93. The summed E-state index contributed by atoms with van der Waals surface area (Å²) in [6, 6.07) is 4.34. The topological polar surface area (TPSA) is 103 Å². The fourth-order valence-corrected chi connectivity index (χ4v) is 3.54. The molecule has 0 bridgehead atoms. The molecule has 0 aliphatic carbocycles. The number of likely N-dealkylation sites (tertiary alicyclic amines) is 1. The van der Waals surface area contributed by atoms with Gasteiger partial charge in [-0.1, -0.05) is 13.8 Å². The van der Waals surface area contributed by atoms with E-state index in [0.717, 1.165) is 32.5 Å². The molecule has 1 fully saturated rings. The van der Waals surface area contributed by atoms with Crippen molar-refractivity contribution < 1.29 is 9.34 Å². The first-order chi connectivity index (χ1) is 11.9. The number of nitrogens with zero attached hydrogens (tertiary/aromatic N) is 2. The van der Waals surface area contributed by atoms with Gasteiger partial charge in [0, 0.05) is 18.5 Å². The van der Waals surface area contributed by atoms with Gasteiger partial charge in [0.05, 0.1) is 10.3 Å². The monoisotopic (exact) mass is 345 g/mol. The van der Waals surface area contributed by atoms with Gasteiger partial charge in [-0.25, -0.2) is 0 Å². The quantitative estimate of drug-likeness (QED) is 0.519. The van der Waals surface area contributed by atoms with E-state index in [2.05, 4.69) is 18.7 Å². The number of hydrogen-bond donors (Lipinski definition) is 1. The predicted octanol–water partition coefficient (Wildman–Crippen LogP) is 3.12. The lowest BCUT2D eigenvalue weighted by Crippen LogP contribution is -2.35. The smallest absolute Gasteiger partial charge is 0.334 e. The number of piperidine rings is 1. The number of nitro groups is 1. The predicted molar refractivity (Wildman–Crippen MR) is 96.8 cm³/mol. The summed E-state index contributed by atoms with van der Waals surface area (Å²) < 4.78 is 5.83. The molecular formula is C18H23N3O4. The fourth-order valence-electron chi connectivity index (χ4n) is 3.54. The average Bonchev–Trinajstić information content (AvgIpc) is 2.54. The molecule has 1 aromatic carbocycles. The van der Waals surface area contributed by atoms with E-state index in [-0.39, 0.29) is 33.7 Å². The summed E-state index contributed by atoms with van der Waals surface area (Å²) in [6.45, 7) is 7.31. The maximum Gasteiger partial charge on any atom is 0.334 e. The number of rotatable bonds is 4. The van der Waals surface area contributed by atoms with Crippen molar-refractivity contribution in [1.29, 1.82) is 0 Å². The van der Waals surface area contributed by atoms with E-state index in [1.807, 2.05) is 0 Å². The number of hydrogen-bond acceptors (Lipinski definition) is 6. The number of nitro benzene ring substituents is 1. The van der Waals surface area contributed by atoms with Crippen LogP contribution in [0.5, 0.6) is 0 Å².